The van der Waals surface area contributed by atoms with Crippen LogP contribution in [0.3, 0.4) is 0 Å². The maximum atomic E-state index is 13.5. The average Bonchev–Trinajstić information content (AvgIpc) is 2.82. The molecule has 0 bridgehead atoms. The van der Waals surface area contributed by atoms with Gasteiger partial charge in [0, 0.05) is 18.3 Å². The number of hydrogen-bond donors (Lipinski definition) is 1. The van der Waals surface area contributed by atoms with E-state index < -0.39 is 17.5 Å². The number of benzene rings is 1. The largest absolute Gasteiger partial charge is 0.296 e. The summed E-state index contributed by atoms with van der Waals surface area (Å²) >= 11 is 0.943. The van der Waals surface area contributed by atoms with E-state index in [9.17, 15) is 13.6 Å². The van der Waals surface area contributed by atoms with Crippen molar-refractivity contribution in [1.29, 1.82) is 0 Å². The third-order valence-electron chi connectivity index (χ3n) is 2.53. The highest BCUT2D eigenvalue weighted by Crippen LogP contribution is 2.29. The topological polar surface area (TPSA) is 54.9 Å². The van der Waals surface area contributed by atoms with Gasteiger partial charge >= 0.3 is 0 Å². The summed E-state index contributed by atoms with van der Waals surface area (Å²) in [6.45, 7) is 0. The Morgan fingerprint density at radius 1 is 1.25 bits per heavy atom. The van der Waals surface area contributed by atoms with Crippen molar-refractivity contribution in [2.75, 3.05) is 5.32 Å². The Balaban J connectivity index is 1.92. The summed E-state index contributed by atoms with van der Waals surface area (Å²) in [4.78, 5) is 19.7. The molecule has 0 saturated carbocycles. The molecule has 3 aromatic rings. The summed E-state index contributed by atoms with van der Waals surface area (Å²) in [6, 6.07) is 6.81. The highest BCUT2D eigenvalue weighted by atomic mass is 32.1. The fraction of sp³-hybridized carbons (Fsp3) is 0. The number of halogens is 2. The Morgan fingerprint density at radius 2 is 2.10 bits per heavy atom. The van der Waals surface area contributed by atoms with E-state index in [0.717, 1.165) is 23.5 Å². The molecule has 0 unspecified atom stereocenters. The summed E-state index contributed by atoms with van der Waals surface area (Å²) in [7, 11) is 0. The lowest BCUT2D eigenvalue weighted by atomic mass is 10.3. The molecule has 0 fully saturated rings. The number of thiazole rings is 1. The normalized spacial score (nSPS) is 10.7. The third kappa shape index (κ3) is 2.35. The number of fused-ring (bicyclic) bond motifs is 1. The molecule has 0 atom stereocenters. The molecule has 2 aromatic heterocycles. The molecule has 4 nitrogen and oxygen atoms in total. The van der Waals surface area contributed by atoms with Crippen LogP contribution in [-0.4, -0.2) is 15.9 Å². The minimum Gasteiger partial charge on any atom is -0.296 e. The summed E-state index contributed by atoms with van der Waals surface area (Å²) in [6.07, 6.45) is 1.49. The lowest BCUT2D eigenvalue weighted by Gasteiger charge is -1.99. The van der Waals surface area contributed by atoms with Crippen LogP contribution >= 0.6 is 11.3 Å². The van der Waals surface area contributed by atoms with Crippen molar-refractivity contribution in [3.8, 4) is 0 Å². The molecule has 0 spiro atoms. The van der Waals surface area contributed by atoms with Crippen molar-refractivity contribution in [3.63, 3.8) is 0 Å². The van der Waals surface area contributed by atoms with E-state index in [1.54, 1.807) is 18.2 Å². The fourth-order valence-electron chi connectivity index (χ4n) is 1.67. The van der Waals surface area contributed by atoms with Crippen molar-refractivity contribution in [3.05, 3.63) is 53.9 Å². The Morgan fingerprint density at radius 3 is 2.85 bits per heavy atom. The molecule has 7 heteroatoms. The molecule has 1 aromatic carbocycles. The summed E-state index contributed by atoms with van der Waals surface area (Å²) in [5, 5.41) is 2.71. The molecule has 0 aliphatic rings. The Kier molecular flexibility index (Phi) is 3.11. The molecule has 0 aliphatic carbocycles. The van der Waals surface area contributed by atoms with Crippen LogP contribution < -0.4 is 5.32 Å². The van der Waals surface area contributed by atoms with Gasteiger partial charge < -0.3 is 0 Å². The van der Waals surface area contributed by atoms with E-state index in [-0.39, 0.29) is 21.0 Å². The van der Waals surface area contributed by atoms with E-state index >= 15 is 0 Å². The molecule has 3 rings (SSSR count). The van der Waals surface area contributed by atoms with Crippen LogP contribution in [0.1, 0.15) is 10.5 Å². The fourth-order valence-corrected chi connectivity index (χ4v) is 2.52. The van der Waals surface area contributed by atoms with E-state index in [4.69, 9.17) is 0 Å². The minimum atomic E-state index is -0.706. The van der Waals surface area contributed by atoms with Crippen LogP contribution in [0.5, 0.6) is 0 Å². The molecule has 100 valence electrons. The number of carbonyl (C=O) groups excluding carboxylic acids is 1. The van der Waals surface area contributed by atoms with Gasteiger partial charge in [0.25, 0.3) is 5.91 Å². The highest BCUT2D eigenvalue weighted by molar-refractivity contribution is 7.22. The zero-order chi connectivity index (χ0) is 14.1. The molecular weight excluding hydrogens is 284 g/mol. The van der Waals surface area contributed by atoms with Crippen LogP contribution in [0.2, 0.25) is 0 Å². The molecule has 0 aliphatic heterocycles. The van der Waals surface area contributed by atoms with Crippen LogP contribution in [-0.2, 0) is 0 Å². The van der Waals surface area contributed by atoms with Gasteiger partial charge in [-0.2, -0.15) is 0 Å². The molecule has 1 N–H and O–H groups in total. The maximum Gasteiger partial charge on any atom is 0.276 e. The summed E-state index contributed by atoms with van der Waals surface area (Å²) < 4.78 is 26.8. The first-order valence-corrected chi connectivity index (χ1v) is 6.43. The van der Waals surface area contributed by atoms with Gasteiger partial charge in [0.1, 0.15) is 17.3 Å². The van der Waals surface area contributed by atoms with Crippen LogP contribution in [0.15, 0.2) is 36.5 Å². The minimum absolute atomic E-state index is 0.170. The number of amides is 1. The van der Waals surface area contributed by atoms with Crippen LogP contribution in [0.25, 0.3) is 10.2 Å². The van der Waals surface area contributed by atoms with Gasteiger partial charge in [-0.15, -0.1) is 0 Å². The van der Waals surface area contributed by atoms with Gasteiger partial charge in [-0.05, 0) is 12.1 Å². The smallest absolute Gasteiger partial charge is 0.276 e. The van der Waals surface area contributed by atoms with E-state index in [0.29, 0.717) is 0 Å². The SMILES string of the molecule is O=C(Nc1nc2cc(F)cc(F)c2s1)c1ccccn1. The molecule has 20 heavy (non-hydrogen) atoms. The van der Waals surface area contributed by atoms with E-state index in [2.05, 4.69) is 15.3 Å². The molecule has 0 saturated heterocycles. The van der Waals surface area contributed by atoms with Gasteiger partial charge in [-0.25, -0.2) is 13.8 Å². The molecule has 2 heterocycles. The van der Waals surface area contributed by atoms with Gasteiger partial charge in [-0.3, -0.25) is 15.1 Å². The number of pyridine rings is 1. The number of aromatic nitrogens is 2. The van der Waals surface area contributed by atoms with Gasteiger partial charge in [0.05, 0.1) is 10.2 Å². The predicted octanol–water partition coefficient (Wildman–Crippen LogP) is 3.22. The Labute approximate surface area is 116 Å². The molecule has 0 radical (unpaired) electrons. The number of anilines is 1. The van der Waals surface area contributed by atoms with Crippen molar-refractivity contribution < 1.29 is 13.6 Å². The summed E-state index contributed by atoms with van der Waals surface area (Å²) in [5.74, 6) is -1.86. The summed E-state index contributed by atoms with van der Waals surface area (Å²) in [5.41, 5.74) is 0.391. The second-order valence-corrected chi connectivity index (χ2v) is 4.92. The van der Waals surface area contributed by atoms with Crippen LogP contribution in [0.4, 0.5) is 13.9 Å². The lowest BCUT2D eigenvalue weighted by Crippen LogP contribution is -2.12. The quantitative estimate of drug-likeness (QED) is 0.788. The van der Waals surface area contributed by atoms with E-state index in [1.807, 2.05) is 0 Å². The number of hydrogen-bond acceptors (Lipinski definition) is 4. The monoisotopic (exact) mass is 291 g/mol. The number of nitrogens with one attached hydrogen (secondary N) is 1. The standard InChI is InChI=1S/C13H7F2N3OS/c14-7-5-8(15)11-10(6-7)17-13(20-11)18-12(19)9-3-1-2-4-16-9/h1-6H,(H,17,18,19). The van der Waals surface area contributed by atoms with Crippen molar-refractivity contribution in [1.82, 2.24) is 9.97 Å². The zero-order valence-electron chi connectivity index (χ0n) is 9.93. The molecule has 1 amide bonds. The predicted molar refractivity (Wildman–Crippen MR) is 71.7 cm³/mol. The van der Waals surface area contributed by atoms with Crippen molar-refractivity contribution >= 4 is 32.6 Å². The Hall–Kier alpha value is -2.41. The van der Waals surface area contributed by atoms with E-state index in [1.165, 1.54) is 6.20 Å². The molecular formula is C13H7F2N3OS. The van der Waals surface area contributed by atoms with Gasteiger partial charge in [0.2, 0.25) is 0 Å². The second-order valence-electron chi connectivity index (χ2n) is 3.92. The zero-order valence-corrected chi connectivity index (χ0v) is 10.7. The number of carbonyl (C=O) groups is 1. The van der Waals surface area contributed by atoms with Crippen LogP contribution in [0, 0.1) is 11.6 Å². The number of rotatable bonds is 2. The van der Waals surface area contributed by atoms with Gasteiger partial charge in [0.15, 0.2) is 5.13 Å². The lowest BCUT2D eigenvalue weighted by molar-refractivity contribution is 0.102. The first kappa shape index (κ1) is 12.6. The van der Waals surface area contributed by atoms with Gasteiger partial charge in [-0.1, -0.05) is 17.4 Å². The first-order chi connectivity index (χ1) is 9.63. The second kappa shape index (κ2) is 4.93. The van der Waals surface area contributed by atoms with Crippen molar-refractivity contribution in [2.45, 2.75) is 0 Å². The van der Waals surface area contributed by atoms with Crippen molar-refractivity contribution in [2.24, 2.45) is 0 Å². The maximum absolute atomic E-state index is 13.5. The highest BCUT2D eigenvalue weighted by Gasteiger charge is 2.13. The Bertz CT molecular complexity index is 789. The number of nitrogens with zero attached hydrogens (tertiary/aromatic N) is 2. The third-order valence-corrected chi connectivity index (χ3v) is 3.52. The first-order valence-electron chi connectivity index (χ1n) is 5.61. The average molecular weight is 291 g/mol.